The van der Waals surface area contributed by atoms with Crippen LogP contribution in [-0.2, 0) is 23.0 Å². The lowest BCUT2D eigenvalue weighted by Crippen LogP contribution is -2.27. The summed E-state index contributed by atoms with van der Waals surface area (Å²) in [5.74, 6) is -0.115. The Hall–Kier alpha value is -1.80. The quantitative estimate of drug-likeness (QED) is 0.842. The molecule has 0 spiro atoms. The minimum absolute atomic E-state index is 0.108. The van der Waals surface area contributed by atoms with Crippen molar-refractivity contribution in [3.8, 4) is 0 Å². The zero-order valence-electron chi connectivity index (χ0n) is 12.0. The SMILES string of the molecule is CCc1noc(CN(C)S(=O)(=O)c2cc(C)ccc2F)n1. The molecule has 1 aromatic heterocycles. The van der Waals surface area contributed by atoms with Crippen LogP contribution in [0.5, 0.6) is 0 Å². The van der Waals surface area contributed by atoms with Crippen molar-refractivity contribution in [2.45, 2.75) is 31.7 Å². The van der Waals surface area contributed by atoms with Crippen LogP contribution in [-0.4, -0.2) is 29.9 Å². The topological polar surface area (TPSA) is 76.3 Å². The molecule has 0 aliphatic heterocycles. The maximum absolute atomic E-state index is 13.8. The molecule has 0 radical (unpaired) electrons. The molecule has 0 aliphatic carbocycles. The van der Waals surface area contributed by atoms with Crippen LogP contribution < -0.4 is 0 Å². The van der Waals surface area contributed by atoms with Crippen molar-refractivity contribution in [2.75, 3.05) is 7.05 Å². The van der Waals surface area contributed by atoms with Gasteiger partial charge in [-0.05, 0) is 24.6 Å². The van der Waals surface area contributed by atoms with Gasteiger partial charge >= 0.3 is 0 Å². The molecule has 114 valence electrons. The average molecular weight is 313 g/mol. The molecule has 0 amide bonds. The molecule has 21 heavy (non-hydrogen) atoms. The Labute approximate surface area is 122 Å². The fourth-order valence-corrected chi connectivity index (χ4v) is 3.02. The highest BCUT2D eigenvalue weighted by atomic mass is 32.2. The van der Waals surface area contributed by atoms with E-state index < -0.39 is 15.8 Å². The number of nitrogens with zero attached hydrogens (tertiary/aromatic N) is 3. The van der Waals surface area contributed by atoms with Gasteiger partial charge < -0.3 is 4.52 Å². The summed E-state index contributed by atoms with van der Waals surface area (Å²) in [6.07, 6.45) is 0.590. The molecule has 0 fully saturated rings. The van der Waals surface area contributed by atoms with Crippen LogP contribution in [0.1, 0.15) is 24.2 Å². The Balaban J connectivity index is 2.28. The van der Waals surface area contributed by atoms with Crippen LogP contribution in [0.4, 0.5) is 4.39 Å². The van der Waals surface area contributed by atoms with E-state index in [-0.39, 0.29) is 17.3 Å². The van der Waals surface area contributed by atoms with Gasteiger partial charge in [0.05, 0.1) is 6.54 Å². The van der Waals surface area contributed by atoms with Gasteiger partial charge in [0, 0.05) is 13.5 Å². The van der Waals surface area contributed by atoms with E-state index >= 15 is 0 Å². The molecular weight excluding hydrogens is 297 g/mol. The van der Waals surface area contributed by atoms with Crippen LogP contribution in [0.25, 0.3) is 0 Å². The lowest BCUT2D eigenvalue weighted by molar-refractivity contribution is 0.333. The van der Waals surface area contributed by atoms with E-state index in [9.17, 15) is 12.8 Å². The molecular formula is C13H16FN3O3S. The first-order valence-electron chi connectivity index (χ1n) is 6.38. The average Bonchev–Trinajstić information content (AvgIpc) is 2.89. The number of hydrogen-bond acceptors (Lipinski definition) is 5. The molecule has 0 saturated heterocycles. The predicted molar refractivity (Wildman–Crippen MR) is 73.5 cm³/mol. The maximum atomic E-state index is 13.8. The number of sulfonamides is 1. The molecule has 1 aromatic carbocycles. The summed E-state index contributed by atoms with van der Waals surface area (Å²) >= 11 is 0. The number of aromatic nitrogens is 2. The fourth-order valence-electron chi connectivity index (χ4n) is 1.75. The Bertz CT molecular complexity index is 743. The van der Waals surface area contributed by atoms with Gasteiger partial charge in [0.1, 0.15) is 10.7 Å². The first-order chi connectivity index (χ1) is 9.84. The fraction of sp³-hybridized carbons (Fsp3) is 0.385. The summed E-state index contributed by atoms with van der Waals surface area (Å²) in [4.78, 5) is 3.68. The summed E-state index contributed by atoms with van der Waals surface area (Å²) in [6.45, 7) is 3.45. The minimum Gasteiger partial charge on any atom is -0.338 e. The summed E-state index contributed by atoms with van der Waals surface area (Å²) in [5, 5.41) is 3.69. The Morgan fingerprint density at radius 3 is 2.71 bits per heavy atom. The summed E-state index contributed by atoms with van der Waals surface area (Å²) in [7, 11) is -2.62. The van der Waals surface area contributed by atoms with E-state index in [0.717, 1.165) is 10.4 Å². The van der Waals surface area contributed by atoms with E-state index in [4.69, 9.17) is 4.52 Å². The minimum atomic E-state index is -3.96. The van der Waals surface area contributed by atoms with Crippen LogP contribution in [0.2, 0.25) is 0 Å². The monoisotopic (exact) mass is 313 g/mol. The molecule has 0 saturated carbocycles. The molecule has 0 bridgehead atoms. The Morgan fingerprint density at radius 1 is 1.38 bits per heavy atom. The highest BCUT2D eigenvalue weighted by Gasteiger charge is 2.26. The summed E-state index contributed by atoms with van der Waals surface area (Å²) in [5.41, 5.74) is 0.662. The zero-order valence-corrected chi connectivity index (χ0v) is 12.8. The number of aryl methyl sites for hydroxylation is 2. The summed E-state index contributed by atoms with van der Waals surface area (Å²) < 4.78 is 44.5. The van der Waals surface area contributed by atoms with Gasteiger partial charge in [0.2, 0.25) is 15.9 Å². The van der Waals surface area contributed by atoms with Crippen LogP contribution >= 0.6 is 0 Å². The van der Waals surface area contributed by atoms with E-state index in [1.54, 1.807) is 6.92 Å². The van der Waals surface area contributed by atoms with Crippen LogP contribution in [0, 0.1) is 12.7 Å². The van der Waals surface area contributed by atoms with Crippen molar-refractivity contribution < 1.29 is 17.3 Å². The van der Waals surface area contributed by atoms with Gasteiger partial charge in [-0.3, -0.25) is 0 Å². The predicted octanol–water partition coefficient (Wildman–Crippen LogP) is 1.90. The molecule has 0 atom stereocenters. The first kappa shape index (κ1) is 15.6. The van der Waals surface area contributed by atoms with Crippen molar-refractivity contribution in [1.29, 1.82) is 0 Å². The third kappa shape index (κ3) is 3.27. The third-order valence-electron chi connectivity index (χ3n) is 2.96. The van der Waals surface area contributed by atoms with Crippen LogP contribution in [0.3, 0.4) is 0 Å². The van der Waals surface area contributed by atoms with E-state index in [0.29, 0.717) is 17.8 Å². The van der Waals surface area contributed by atoms with Crippen molar-refractivity contribution in [3.05, 3.63) is 41.3 Å². The number of rotatable bonds is 5. The van der Waals surface area contributed by atoms with Gasteiger partial charge in [-0.15, -0.1) is 0 Å². The van der Waals surface area contributed by atoms with Crippen molar-refractivity contribution in [1.82, 2.24) is 14.4 Å². The summed E-state index contributed by atoms with van der Waals surface area (Å²) in [6, 6.07) is 3.95. The highest BCUT2D eigenvalue weighted by Crippen LogP contribution is 2.20. The van der Waals surface area contributed by atoms with Gasteiger partial charge in [-0.25, -0.2) is 12.8 Å². The smallest absolute Gasteiger partial charge is 0.246 e. The largest absolute Gasteiger partial charge is 0.338 e. The standard InChI is InChI=1S/C13H16FN3O3S/c1-4-12-15-13(20-16-12)8-17(3)21(18,19)11-7-9(2)5-6-10(11)14/h5-7H,4,8H2,1-3H3. The Kier molecular flexibility index (Phi) is 4.38. The van der Waals surface area contributed by atoms with Gasteiger partial charge in [0.15, 0.2) is 5.82 Å². The van der Waals surface area contributed by atoms with Gasteiger partial charge in [-0.1, -0.05) is 18.1 Å². The second kappa shape index (κ2) is 5.90. The van der Waals surface area contributed by atoms with E-state index in [2.05, 4.69) is 10.1 Å². The third-order valence-corrected chi connectivity index (χ3v) is 4.78. The van der Waals surface area contributed by atoms with Gasteiger partial charge in [-0.2, -0.15) is 9.29 Å². The molecule has 6 nitrogen and oxygen atoms in total. The Morgan fingerprint density at radius 2 is 2.10 bits per heavy atom. The second-order valence-electron chi connectivity index (χ2n) is 4.65. The lowest BCUT2D eigenvalue weighted by atomic mass is 10.2. The molecule has 0 N–H and O–H groups in total. The van der Waals surface area contributed by atoms with E-state index in [1.165, 1.54) is 19.2 Å². The zero-order chi connectivity index (χ0) is 15.6. The van der Waals surface area contributed by atoms with Crippen molar-refractivity contribution in [3.63, 3.8) is 0 Å². The maximum Gasteiger partial charge on any atom is 0.246 e. The highest BCUT2D eigenvalue weighted by molar-refractivity contribution is 7.89. The molecule has 0 aliphatic rings. The van der Waals surface area contributed by atoms with Crippen molar-refractivity contribution >= 4 is 10.0 Å². The number of hydrogen-bond donors (Lipinski definition) is 0. The second-order valence-corrected chi connectivity index (χ2v) is 6.67. The number of halogens is 1. The van der Waals surface area contributed by atoms with Crippen molar-refractivity contribution in [2.24, 2.45) is 0 Å². The number of benzene rings is 1. The normalized spacial score (nSPS) is 12.0. The molecule has 0 unspecified atom stereocenters. The first-order valence-corrected chi connectivity index (χ1v) is 7.82. The van der Waals surface area contributed by atoms with Gasteiger partial charge in [0.25, 0.3) is 0 Å². The molecule has 1 heterocycles. The molecule has 2 aromatic rings. The molecule has 2 rings (SSSR count). The van der Waals surface area contributed by atoms with E-state index in [1.807, 2.05) is 6.92 Å². The lowest BCUT2D eigenvalue weighted by Gasteiger charge is -2.15. The molecule has 8 heteroatoms. The van der Waals surface area contributed by atoms with Crippen LogP contribution in [0.15, 0.2) is 27.6 Å².